The van der Waals surface area contributed by atoms with Crippen LogP contribution in [0.1, 0.15) is 27.9 Å². The Hall–Kier alpha value is -3.84. The third-order valence-electron chi connectivity index (χ3n) is 6.02. The third-order valence-corrected chi connectivity index (χ3v) is 6.02. The van der Waals surface area contributed by atoms with Gasteiger partial charge in [-0.3, -0.25) is 9.59 Å². The Labute approximate surface area is 191 Å². The molecule has 0 fully saturated rings. The third kappa shape index (κ3) is 3.70. The molecule has 2 aliphatic heterocycles. The lowest BCUT2D eigenvalue weighted by atomic mass is 9.88. The highest BCUT2D eigenvalue weighted by molar-refractivity contribution is 6.10. The van der Waals surface area contributed by atoms with Crippen molar-refractivity contribution in [2.24, 2.45) is 0 Å². The summed E-state index contributed by atoms with van der Waals surface area (Å²) in [5.41, 5.74) is 0.389. The van der Waals surface area contributed by atoms with E-state index in [1.54, 1.807) is 42.5 Å². The molecule has 1 N–H and O–H groups in total. The van der Waals surface area contributed by atoms with E-state index in [0.29, 0.717) is 28.3 Å². The second-order valence-corrected chi connectivity index (χ2v) is 8.12. The largest absolute Gasteiger partial charge is 0.491 e. The van der Waals surface area contributed by atoms with Crippen molar-refractivity contribution in [2.45, 2.75) is 18.9 Å². The smallest absolute Gasteiger partial charge is 0.264 e. The van der Waals surface area contributed by atoms with Crippen molar-refractivity contribution >= 4 is 17.4 Å². The maximum atomic E-state index is 13.4. The van der Waals surface area contributed by atoms with Crippen LogP contribution in [0.4, 0.5) is 5.69 Å². The molecule has 3 aromatic rings. The van der Waals surface area contributed by atoms with Gasteiger partial charge in [-0.25, -0.2) is 0 Å². The van der Waals surface area contributed by atoms with Crippen LogP contribution in [0.2, 0.25) is 0 Å². The van der Waals surface area contributed by atoms with Crippen molar-refractivity contribution in [3.8, 4) is 17.2 Å². The van der Waals surface area contributed by atoms with E-state index in [1.165, 1.54) is 4.90 Å². The molecule has 0 aromatic heterocycles. The number of benzene rings is 3. The van der Waals surface area contributed by atoms with Crippen LogP contribution in [0.3, 0.4) is 0 Å². The van der Waals surface area contributed by atoms with Gasteiger partial charge in [0.15, 0.2) is 22.9 Å². The molecule has 168 valence electrons. The highest BCUT2D eigenvalue weighted by Gasteiger charge is 2.50. The van der Waals surface area contributed by atoms with Crippen molar-refractivity contribution in [1.82, 2.24) is 0 Å². The van der Waals surface area contributed by atoms with E-state index in [1.807, 2.05) is 31.2 Å². The number of fused-ring (bicyclic) bond motifs is 2. The zero-order chi connectivity index (χ0) is 23.0. The van der Waals surface area contributed by atoms with E-state index < -0.39 is 11.5 Å². The number of amides is 1. The molecule has 0 aliphatic carbocycles. The van der Waals surface area contributed by atoms with Gasteiger partial charge in [0.25, 0.3) is 5.91 Å². The van der Waals surface area contributed by atoms with Crippen LogP contribution >= 0.6 is 0 Å². The van der Waals surface area contributed by atoms with Crippen LogP contribution in [0, 0.1) is 6.92 Å². The molecule has 0 saturated carbocycles. The molecule has 0 bridgehead atoms. The first kappa shape index (κ1) is 21.0. The van der Waals surface area contributed by atoms with Crippen LogP contribution in [-0.4, -0.2) is 36.7 Å². The van der Waals surface area contributed by atoms with Crippen LogP contribution in [0.15, 0.2) is 66.7 Å². The molecule has 7 nitrogen and oxygen atoms in total. The number of aryl methyl sites for hydroxylation is 1. The van der Waals surface area contributed by atoms with Gasteiger partial charge in [-0.1, -0.05) is 36.4 Å². The van der Waals surface area contributed by atoms with Gasteiger partial charge in [-0.05, 0) is 42.8 Å². The summed E-state index contributed by atoms with van der Waals surface area (Å²) in [6, 6.07) is 19.5. The first-order valence-corrected chi connectivity index (χ1v) is 10.7. The summed E-state index contributed by atoms with van der Waals surface area (Å²) in [6.07, 6.45) is -0.377. The van der Waals surface area contributed by atoms with Gasteiger partial charge in [0, 0.05) is 11.1 Å². The molecule has 0 spiro atoms. The molecular weight excluding hydrogens is 422 g/mol. The predicted molar refractivity (Wildman–Crippen MR) is 121 cm³/mol. The molecule has 5 rings (SSSR count). The first-order chi connectivity index (χ1) is 16.0. The van der Waals surface area contributed by atoms with Crippen molar-refractivity contribution in [2.75, 3.05) is 24.8 Å². The monoisotopic (exact) mass is 445 g/mol. The first-order valence-electron chi connectivity index (χ1n) is 10.7. The van der Waals surface area contributed by atoms with Gasteiger partial charge in [0.05, 0.1) is 18.7 Å². The Morgan fingerprint density at radius 2 is 1.82 bits per heavy atom. The van der Waals surface area contributed by atoms with Gasteiger partial charge in [0.1, 0.15) is 12.4 Å². The maximum Gasteiger partial charge on any atom is 0.264 e. The lowest BCUT2D eigenvalue weighted by molar-refractivity contribution is -0.135. The fourth-order valence-electron chi connectivity index (χ4n) is 4.27. The fourth-order valence-corrected chi connectivity index (χ4v) is 4.27. The zero-order valence-corrected chi connectivity index (χ0v) is 18.1. The van der Waals surface area contributed by atoms with E-state index >= 15 is 0 Å². The van der Waals surface area contributed by atoms with Gasteiger partial charge < -0.3 is 24.2 Å². The fraction of sp³-hybridized carbons (Fsp3) is 0.231. The maximum absolute atomic E-state index is 13.4. The number of nitrogens with zero attached hydrogens (tertiary/aromatic N) is 1. The molecule has 2 heterocycles. The molecule has 0 saturated heterocycles. The second kappa shape index (κ2) is 8.26. The number of rotatable bonds is 7. The van der Waals surface area contributed by atoms with Crippen molar-refractivity contribution in [3.63, 3.8) is 0 Å². The average Bonchev–Trinajstić information content (AvgIpc) is 3.37. The van der Waals surface area contributed by atoms with E-state index in [-0.39, 0.29) is 32.1 Å². The van der Waals surface area contributed by atoms with Gasteiger partial charge in [-0.15, -0.1) is 0 Å². The highest BCUT2D eigenvalue weighted by atomic mass is 16.7. The molecule has 1 atom stereocenters. The molecular formula is C26H23NO6. The van der Waals surface area contributed by atoms with Crippen LogP contribution in [0.5, 0.6) is 17.2 Å². The highest BCUT2D eigenvalue weighted by Crippen LogP contribution is 2.43. The number of carbonyl (C=O) groups excluding carboxylic acids is 2. The molecule has 3 aromatic carbocycles. The molecule has 33 heavy (non-hydrogen) atoms. The number of ketones is 1. The minimum absolute atomic E-state index is 0.0995. The topological polar surface area (TPSA) is 85.3 Å². The van der Waals surface area contributed by atoms with Gasteiger partial charge >= 0.3 is 0 Å². The number of ether oxygens (including phenoxy) is 3. The molecule has 2 aliphatic rings. The lowest BCUT2D eigenvalue weighted by Gasteiger charge is -2.23. The van der Waals surface area contributed by atoms with Crippen LogP contribution < -0.4 is 19.1 Å². The quantitative estimate of drug-likeness (QED) is 0.560. The van der Waals surface area contributed by atoms with E-state index in [9.17, 15) is 14.7 Å². The Morgan fingerprint density at radius 3 is 2.67 bits per heavy atom. The summed E-state index contributed by atoms with van der Waals surface area (Å²) in [5, 5.41) is 11.5. The summed E-state index contributed by atoms with van der Waals surface area (Å²) < 4.78 is 16.5. The summed E-state index contributed by atoms with van der Waals surface area (Å²) in [6.45, 7) is 2.54. The Balaban J connectivity index is 1.36. The molecule has 0 radical (unpaired) electrons. The van der Waals surface area contributed by atoms with Crippen LogP contribution in [0.25, 0.3) is 0 Å². The molecule has 1 amide bonds. The van der Waals surface area contributed by atoms with Crippen LogP contribution in [-0.2, 0) is 10.4 Å². The summed E-state index contributed by atoms with van der Waals surface area (Å²) in [7, 11) is 0. The number of anilines is 1. The summed E-state index contributed by atoms with van der Waals surface area (Å²) >= 11 is 0. The Kier molecular flexibility index (Phi) is 5.26. The number of carbonyl (C=O) groups is 2. The standard InChI is InChI=1S/C26H23NO6/c1-17-6-2-5-9-22(17)31-13-12-27-20-8-4-3-7-19(20)26(30,25(27)29)15-21(28)18-10-11-23-24(14-18)33-16-32-23/h2-11,14,30H,12-13,15-16H2,1H3. The number of Topliss-reactive ketones (excluding diaryl/α,β-unsaturated/α-hetero) is 1. The van der Waals surface area contributed by atoms with E-state index in [2.05, 4.69) is 0 Å². The summed E-state index contributed by atoms with van der Waals surface area (Å²) in [5.74, 6) is 0.877. The van der Waals surface area contributed by atoms with E-state index in [0.717, 1.165) is 11.3 Å². The number of para-hydroxylation sites is 2. The van der Waals surface area contributed by atoms with Crippen molar-refractivity contribution < 1.29 is 28.9 Å². The summed E-state index contributed by atoms with van der Waals surface area (Å²) in [4.78, 5) is 27.9. The lowest BCUT2D eigenvalue weighted by Crippen LogP contribution is -2.43. The number of hydrogen-bond acceptors (Lipinski definition) is 6. The average molecular weight is 445 g/mol. The van der Waals surface area contributed by atoms with Gasteiger partial charge in [0.2, 0.25) is 6.79 Å². The normalized spacial score (nSPS) is 18.4. The molecule has 1 unspecified atom stereocenters. The van der Waals surface area contributed by atoms with Gasteiger partial charge in [-0.2, -0.15) is 0 Å². The minimum Gasteiger partial charge on any atom is -0.491 e. The predicted octanol–water partition coefficient (Wildman–Crippen LogP) is 3.61. The molecule has 7 heteroatoms. The van der Waals surface area contributed by atoms with Crippen molar-refractivity contribution in [1.29, 1.82) is 0 Å². The second-order valence-electron chi connectivity index (χ2n) is 8.12. The number of hydrogen-bond donors (Lipinski definition) is 1. The SMILES string of the molecule is Cc1ccccc1OCCN1C(=O)C(O)(CC(=O)c2ccc3c(c2)OCO3)c2ccccc21. The Bertz CT molecular complexity index is 1240. The Morgan fingerprint density at radius 1 is 1.06 bits per heavy atom. The van der Waals surface area contributed by atoms with E-state index in [4.69, 9.17) is 14.2 Å². The minimum atomic E-state index is -1.95. The zero-order valence-electron chi connectivity index (χ0n) is 18.1. The number of aliphatic hydroxyl groups is 1. The van der Waals surface area contributed by atoms with Crippen molar-refractivity contribution in [3.05, 3.63) is 83.4 Å².